The van der Waals surface area contributed by atoms with Crippen molar-refractivity contribution in [3.63, 3.8) is 0 Å². The number of esters is 1. The largest absolute Gasteiger partial charge is 0.452 e. The third-order valence-electron chi connectivity index (χ3n) is 3.90. The number of nitrogens with one attached hydrogen (secondary N) is 2. The number of hydrogen-bond donors (Lipinski definition) is 2. The van der Waals surface area contributed by atoms with Gasteiger partial charge in [-0.25, -0.2) is 8.42 Å². The lowest BCUT2D eigenvalue weighted by Gasteiger charge is -2.16. The molecule has 1 unspecified atom stereocenters. The lowest BCUT2D eigenvalue weighted by atomic mass is 10.0. The summed E-state index contributed by atoms with van der Waals surface area (Å²) >= 11 is 0. The molecule has 0 aromatic heterocycles. The highest BCUT2D eigenvalue weighted by Gasteiger charge is 2.24. The smallest absolute Gasteiger partial charge is 0.321 e. The van der Waals surface area contributed by atoms with Gasteiger partial charge >= 0.3 is 5.97 Å². The van der Waals surface area contributed by atoms with E-state index in [-0.39, 0.29) is 4.90 Å². The summed E-state index contributed by atoms with van der Waals surface area (Å²) in [5, 5.41) is 2.34. The van der Waals surface area contributed by atoms with Crippen LogP contribution in [0.5, 0.6) is 0 Å². The molecule has 1 aromatic carbocycles. The van der Waals surface area contributed by atoms with Crippen molar-refractivity contribution in [2.45, 2.75) is 45.6 Å². The van der Waals surface area contributed by atoms with Gasteiger partial charge in [-0.15, -0.1) is 0 Å². The summed E-state index contributed by atoms with van der Waals surface area (Å²) in [6.07, 6.45) is -0.989. The summed E-state index contributed by atoms with van der Waals surface area (Å²) < 4.78 is 32.2. The normalized spacial score (nSPS) is 12.6. The van der Waals surface area contributed by atoms with E-state index in [0.29, 0.717) is 11.1 Å². The third-order valence-corrected chi connectivity index (χ3v) is 5.57. The molecule has 7 nitrogen and oxygen atoms in total. The van der Waals surface area contributed by atoms with E-state index in [1.165, 1.54) is 14.0 Å². The molecule has 24 heavy (non-hydrogen) atoms. The Morgan fingerprint density at radius 2 is 1.62 bits per heavy atom. The minimum Gasteiger partial charge on any atom is -0.452 e. The molecule has 1 amide bonds. The second kappa shape index (κ2) is 7.76. The van der Waals surface area contributed by atoms with Gasteiger partial charge < -0.3 is 10.1 Å². The van der Waals surface area contributed by atoms with Crippen molar-refractivity contribution in [1.29, 1.82) is 0 Å². The molecule has 1 aromatic rings. The van der Waals surface area contributed by atoms with Crippen LogP contribution in [-0.2, 0) is 24.3 Å². The van der Waals surface area contributed by atoms with Crippen LogP contribution in [0.1, 0.15) is 29.2 Å². The molecule has 1 atom stereocenters. The first kappa shape index (κ1) is 20.1. The Morgan fingerprint density at radius 1 is 1.12 bits per heavy atom. The minimum atomic E-state index is -3.87. The fourth-order valence-electron chi connectivity index (χ4n) is 2.31. The average Bonchev–Trinajstić information content (AvgIpc) is 2.50. The Hall–Kier alpha value is -1.93. The number of ether oxygens (including phenoxy) is 1. The predicted octanol–water partition coefficient (Wildman–Crippen LogP) is 0.876. The van der Waals surface area contributed by atoms with Gasteiger partial charge in [-0.3, -0.25) is 9.59 Å². The molecule has 0 aliphatic heterocycles. The first-order chi connectivity index (χ1) is 11.0. The maximum absolute atomic E-state index is 12.6. The van der Waals surface area contributed by atoms with E-state index in [4.69, 9.17) is 4.74 Å². The number of benzene rings is 1. The summed E-state index contributed by atoms with van der Waals surface area (Å²) in [4.78, 5) is 23.2. The molecule has 0 saturated carbocycles. The predicted molar refractivity (Wildman–Crippen MR) is 90.2 cm³/mol. The molecule has 2 N–H and O–H groups in total. The van der Waals surface area contributed by atoms with Gasteiger partial charge in [-0.1, -0.05) is 6.07 Å². The van der Waals surface area contributed by atoms with Crippen LogP contribution < -0.4 is 10.0 Å². The SMILES string of the molecule is CNC(=O)C(C)OC(=O)CNS(=O)(=O)c1c(C)c(C)cc(C)c1C. The minimum absolute atomic E-state index is 0.173. The molecule has 0 saturated heterocycles. The number of rotatable bonds is 6. The standard InChI is InChI=1S/C16H24N2O5S/c1-9-7-10(2)12(4)15(11(9)3)24(21,22)18-8-14(19)23-13(5)16(20)17-6/h7,13,18H,8H2,1-6H3,(H,17,20). The first-order valence-electron chi connectivity index (χ1n) is 7.49. The molecule has 0 aliphatic carbocycles. The Balaban J connectivity index is 2.93. The molecule has 0 spiro atoms. The number of carbonyl (C=O) groups is 2. The van der Waals surface area contributed by atoms with Gasteiger partial charge in [0, 0.05) is 7.05 Å². The summed E-state index contributed by atoms with van der Waals surface area (Å²) in [5.74, 6) is -1.29. The van der Waals surface area contributed by atoms with Crippen molar-refractivity contribution >= 4 is 21.9 Å². The maximum Gasteiger partial charge on any atom is 0.321 e. The molecule has 8 heteroatoms. The second-order valence-electron chi connectivity index (χ2n) is 5.66. The van der Waals surface area contributed by atoms with Crippen molar-refractivity contribution < 1.29 is 22.7 Å². The van der Waals surface area contributed by atoms with Crippen molar-refractivity contribution in [2.75, 3.05) is 13.6 Å². The first-order valence-corrected chi connectivity index (χ1v) is 8.97. The molecule has 1 rings (SSSR count). The van der Waals surface area contributed by atoms with Gasteiger partial charge in [0.25, 0.3) is 5.91 Å². The van der Waals surface area contributed by atoms with Crippen LogP contribution in [0.2, 0.25) is 0 Å². The topological polar surface area (TPSA) is 102 Å². The lowest BCUT2D eigenvalue weighted by molar-refractivity contribution is -0.153. The van der Waals surface area contributed by atoms with Crippen LogP contribution >= 0.6 is 0 Å². The zero-order valence-electron chi connectivity index (χ0n) is 14.8. The fourth-order valence-corrected chi connectivity index (χ4v) is 3.89. The van der Waals surface area contributed by atoms with Gasteiger partial charge in [0.15, 0.2) is 6.10 Å². The van der Waals surface area contributed by atoms with Crippen LogP contribution in [0.25, 0.3) is 0 Å². The van der Waals surface area contributed by atoms with Gasteiger partial charge in [-0.05, 0) is 56.9 Å². The number of sulfonamides is 1. The third kappa shape index (κ3) is 4.55. The monoisotopic (exact) mass is 356 g/mol. The van der Waals surface area contributed by atoms with E-state index in [1.807, 2.05) is 19.9 Å². The van der Waals surface area contributed by atoms with Crippen LogP contribution in [0.3, 0.4) is 0 Å². The van der Waals surface area contributed by atoms with Crippen molar-refractivity contribution in [2.24, 2.45) is 0 Å². The summed E-state index contributed by atoms with van der Waals surface area (Å²) in [5.41, 5.74) is 2.99. The van der Waals surface area contributed by atoms with Crippen molar-refractivity contribution in [3.8, 4) is 0 Å². The Labute approximate surface area is 142 Å². The quantitative estimate of drug-likeness (QED) is 0.737. The van der Waals surface area contributed by atoms with Crippen LogP contribution in [0.4, 0.5) is 0 Å². The Bertz CT molecular complexity index is 730. The van der Waals surface area contributed by atoms with Crippen LogP contribution in [-0.4, -0.2) is 40.0 Å². The van der Waals surface area contributed by atoms with E-state index >= 15 is 0 Å². The zero-order valence-corrected chi connectivity index (χ0v) is 15.6. The Morgan fingerprint density at radius 3 is 2.08 bits per heavy atom. The van der Waals surface area contributed by atoms with Crippen LogP contribution in [0, 0.1) is 27.7 Å². The summed E-state index contributed by atoms with van der Waals surface area (Å²) in [7, 11) is -2.46. The van der Waals surface area contributed by atoms with E-state index in [1.54, 1.807) is 13.8 Å². The number of amides is 1. The van der Waals surface area contributed by atoms with Gasteiger partial charge in [-0.2, -0.15) is 4.72 Å². The average molecular weight is 356 g/mol. The molecule has 0 radical (unpaired) electrons. The van der Waals surface area contributed by atoms with Gasteiger partial charge in [0.2, 0.25) is 10.0 Å². The highest BCUT2D eigenvalue weighted by molar-refractivity contribution is 7.89. The highest BCUT2D eigenvalue weighted by Crippen LogP contribution is 2.25. The maximum atomic E-state index is 12.6. The van der Waals surface area contributed by atoms with Crippen molar-refractivity contribution in [1.82, 2.24) is 10.0 Å². The molecule has 0 fully saturated rings. The van der Waals surface area contributed by atoms with E-state index in [9.17, 15) is 18.0 Å². The number of hydrogen-bond acceptors (Lipinski definition) is 5. The van der Waals surface area contributed by atoms with Gasteiger partial charge in [0.1, 0.15) is 6.54 Å². The summed E-state index contributed by atoms with van der Waals surface area (Å²) in [6, 6.07) is 1.92. The molecule has 0 heterocycles. The second-order valence-corrected chi connectivity index (χ2v) is 7.36. The fraction of sp³-hybridized carbons (Fsp3) is 0.500. The molecule has 0 aliphatic rings. The van der Waals surface area contributed by atoms with Gasteiger partial charge in [0.05, 0.1) is 4.90 Å². The zero-order chi connectivity index (χ0) is 18.7. The molecular weight excluding hydrogens is 332 g/mol. The summed E-state index contributed by atoms with van der Waals surface area (Å²) in [6.45, 7) is 7.98. The Kier molecular flexibility index (Phi) is 6.50. The number of aryl methyl sites for hydroxylation is 2. The molecule has 134 valence electrons. The van der Waals surface area contributed by atoms with E-state index in [2.05, 4.69) is 10.0 Å². The van der Waals surface area contributed by atoms with Crippen LogP contribution in [0.15, 0.2) is 11.0 Å². The number of carbonyl (C=O) groups excluding carboxylic acids is 2. The molecule has 0 bridgehead atoms. The number of likely N-dealkylation sites (N-methyl/N-ethyl adjacent to an activating group) is 1. The lowest BCUT2D eigenvalue weighted by Crippen LogP contribution is -2.37. The van der Waals surface area contributed by atoms with E-state index < -0.39 is 34.5 Å². The highest BCUT2D eigenvalue weighted by atomic mass is 32.2. The van der Waals surface area contributed by atoms with Crippen molar-refractivity contribution in [3.05, 3.63) is 28.3 Å². The molecular formula is C16H24N2O5S. The van der Waals surface area contributed by atoms with E-state index in [0.717, 1.165) is 11.1 Å².